The van der Waals surface area contributed by atoms with Gasteiger partial charge >= 0.3 is 0 Å². The molecule has 2 aromatic rings. The van der Waals surface area contributed by atoms with Gasteiger partial charge < -0.3 is 5.73 Å². The lowest BCUT2D eigenvalue weighted by molar-refractivity contribution is 0.687. The summed E-state index contributed by atoms with van der Waals surface area (Å²) in [7, 11) is -0.955. The first-order valence-corrected chi connectivity index (χ1v) is 6.25. The van der Waals surface area contributed by atoms with E-state index >= 15 is 0 Å². The predicted molar refractivity (Wildman–Crippen MR) is 64.2 cm³/mol. The summed E-state index contributed by atoms with van der Waals surface area (Å²) in [5, 5.41) is 0. The Hall–Kier alpha value is -1.75. The van der Waals surface area contributed by atoms with Crippen LogP contribution in [0.3, 0.4) is 0 Å². The van der Waals surface area contributed by atoms with Crippen LogP contribution in [0.2, 0.25) is 0 Å². The molecule has 82 valence electrons. The number of hydrogen-bond acceptors (Lipinski definition) is 4. The van der Waals surface area contributed by atoms with Crippen LogP contribution in [0, 0.1) is 0 Å². The van der Waals surface area contributed by atoms with Crippen molar-refractivity contribution in [3.05, 3.63) is 36.5 Å². The third-order valence-electron chi connectivity index (χ3n) is 2.16. The number of nitrogens with zero attached hydrogens (tertiary/aromatic N) is 2. The normalized spacial score (nSPS) is 12.3. The first-order valence-electron chi connectivity index (χ1n) is 4.69. The molecule has 0 saturated heterocycles. The van der Waals surface area contributed by atoms with Crippen molar-refractivity contribution in [2.24, 2.45) is 0 Å². The van der Waals surface area contributed by atoms with Crippen LogP contribution in [0.5, 0.6) is 0 Å². The fraction of sp³-hybridized carbons (Fsp3) is 0.0909. The van der Waals surface area contributed by atoms with E-state index < -0.39 is 10.8 Å². The van der Waals surface area contributed by atoms with Crippen molar-refractivity contribution in [2.45, 2.75) is 4.90 Å². The van der Waals surface area contributed by atoms with Crippen LogP contribution in [-0.4, -0.2) is 20.4 Å². The molecule has 0 fully saturated rings. The van der Waals surface area contributed by atoms with Gasteiger partial charge in [-0.25, -0.2) is 9.97 Å². The van der Waals surface area contributed by atoms with Crippen LogP contribution in [0.1, 0.15) is 0 Å². The quantitative estimate of drug-likeness (QED) is 0.852. The maximum absolute atomic E-state index is 11.2. The Kier molecular flexibility index (Phi) is 2.96. The summed E-state index contributed by atoms with van der Waals surface area (Å²) in [5.41, 5.74) is 7.20. The Balaban J connectivity index is 2.38. The van der Waals surface area contributed by atoms with Gasteiger partial charge in [0, 0.05) is 33.7 Å². The summed E-state index contributed by atoms with van der Waals surface area (Å²) in [6.07, 6.45) is 3.27. The van der Waals surface area contributed by atoms with E-state index in [4.69, 9.17) is 5.73 Å². The van der Waals surface area contributed by atoms with Gasteiger partial charge in [0.2, 0.25) is 5.95 Å². The van der Waals surface area contributed by atoms with E-state index in [2.05, 4.69) is 9.97 Å². The first-order chi connectivity index (χ1) is 7.66. The molecule has 4 nitrogen and oxygen atoms in total. The number of anilines is 1. The van der Waals surface area contributed by atoms with Gasteiger partial charge in [-0.1, -0.05) is 12.1 Å². The minimum Gasteiger partial charge on any atom is -0.368 e. The van der Waals surface area contributed by atoms with Gasteiger partial charge in [-0.05, 0) is 18.2 Å². The topological polar surface area (TPSA) is 68.9 Å². The van der Waals surface area contributed by atoms with Crippen molar-refractivity contribution in [1.29, 1.82) is 0 Å². The van der Waals surface area contributed by atoms with E-state index in [1.807, 2.05) is 24.3 Å². The molecule has 0 radical (unpaired) electrons. The van der Waals surface area contributed by atoms with Gasteiger partial charge in [-0.3, -0.25) is 4.21 Å². The maximum atomic E-state index is 11.2. The standard InChI is InChI=1S/C11H11N3OS/c1-16(15)9-4-2-8(3-5-9)10-6-7-13-11(12)14-10/h2-7H,1H3,(H2,12,13,14). The Morgan fingerprint density at radius 1 is 1.19 bits per heavy atom. The number of benzene rings is 1. The van der Waals surface area contributed by atoms with Crippen LogP contribution in [0.15, 0.2) is 41.4 Å². The molecule has 2 N–H and O–H groups in total. The summed E-state index contributed by atoms with van der Waals surface area (Å²) in [6.45, 7) is 0. The monoisotopic (exact) mass is 233 g/mol. The lowest BCUT2D eigenvalue weighted by Crippen LogP contribution is -1.95. The fourth-order valence-corrected chi connectivity index (χ4v) is 1.87. The molecule has 1 heterocycles. The zero-order chi connectivity index (χ0) is 11.5. The second kappa shape index (κ2) is 4.40. The zero-order valence-corrected chi connectivity index (χ0v) is 9.57. The second-order valence-corrected chi connectivity index (χ2v) is 4.66. The number of hydrogen-bond donors (Lipinski definition) is 1. The van der Waals surface area contributed by atoms with Gasteiger partial charge in [0.1, 0.15) is 0 Å². The van der Waals surface area contributed by atoms with E-state index in [9.17, 15) is 4.21 Å². The SMILES string of the molecule is CS(=O)c1ccc(-c2ccnc(N)n2)cc1. The highest BCUT2D eigenvalue weighted by Gasteiger charge is 2.01. The van der Waals surface area contributed by atoms with Crippen molar-refractivity contribution in [1.82, 2.24) is 9.97 Å². The number of nitrogen functional groups attached to an aromatic ring is 1. The van der Waals surface area contributed by atoms with Gasteiger partial charge in [0.15, 0.2) is 0 Å². The number of rotatable bonds is 2. The summed E-state index contributed by atoms with van der Waals surface area (Å²) in [5.74, 6) is 0.251. The average Bonchev–Trinajstić information content (AvgIpc) is 2.29. The van der Waals surface area contributed by atoms with E-state index in [1.165, 1.54) is 0 Å². The predicted octanol–water partition coefficient (Wildman–Crippen LogP) is 1.46. The van der Waals surface area contributed by atoms with Crippen LogP contribution in [-0.2, 0) is 10.8 Å². The van der Waals surface area contributed by atoms with Crippen molar-refractivity contribution in [2.75, 3.05) is 12.0 Å². The van der Waals surface area contributed by atoms with Gasteiger partial charge in [0.25, 0.3) is 0 Å². The van der Waals surface area contributed by atoms with Gasteiger partial charge in [-0.2, -0.15) is 0 Å². The Morgan fingerprint density at radius 2 is 1.88 bits per heavy atom. The molecular weight excluding hydrogens is 222 g/mol. The molecule has 0 aliphatic carbocycles. The molecule has 16 heavy (non-hydrogen) atoms. The molecule has 0 aliphatic rings. The minimum absolute atomic E-state index is 0.251. The fourth-order valence-electron chi connectivity index (χ4n) is 1.35. The summed E-state index contributed by atoms with van der Waals surface area (Å²) < 4.78 is 11.2. The lowest BCUT2D eigenvalue weighted by atomic mass is 10.1. The van der Waals surface area contributed by atoms with Crippen LogP contribution < -0.4 is 5.73 Å². The molecule has 0 spiro atoms. The first kappa shape index (κ1) is 10.8. The van der Waals surface area contributed by atoms with E-state index in [0.717, 1.165) is 16.2 Å². The van der Waals surface area contributed by atoms with E-state index in [-0.39, 0.29) is 5.95 Å². The highest BCUT2D eigenvalue weighted by molar-refractivity contribution is 7.84. The molecule has 1 aromatic carbocycles. The second-order valence-electron chi connectivity index (χ2n) is 3.28. The third-order valence-corrected chi connectivity index (χ3v) is 3.09. The summed E-state index contributed by atoms with van der Waals surface area (Å²) in [6, 6.07) is 9.18. The summed E-state index contributed by atoms with van der Waals surface area (Å²) in [4.78, 5) is 8.73. The number of nitrogens with two attached hydrogens (primary N) is 1. The zero-order valence-electron chi connectivity index (χ0n) is 8.75. The molecule has 1 atom stereocenters. The average molecular weight is 233 g/mol. The largest absolute Gasteiger partial charge is 0.368 e. The minimum atomic E-state index is -0.955. The molecule has 1 unspecified atom stereocenters. The highest BCUT2D eigenvalue weighted by Crippen LogP contribution is 2.18. The Labute approximate surface area is 96.0 Å². The molecule has 0 aliphatic heterocycles. The Bertz CT molecular complexity index is 525. The summed E-state index contributed by atoms with van der Waals surface area (Å²) >= 11 is 0. The van der Waals surface area contributed by atoms with Crippen molar-refractivity contribution in [3.8, 4) is 11.3 Å². The smallest absolute Gasteiger partial charge is 0.220 e. The molecular formula is C11H11N3OS. The third kappa shape index (κ3) is 2.25. The molecule has 0 amide bonds. The molecule has 5 heteroatoms. The van der Waals surface area contributed by atoms with Gasteiger partial charge in [0.05, 0.1) is 5.69 Å². The van der Waals surface area contributed by atoms with E-state index in [0.29, 0.717) is 0 Å². The Morgan fingerprint density at radius 3 is 2.44 bits per heavy atom. The van der Waals surface area contributed by atoms with Crippen LogP contribution >= 0.6 is 0 Å². The van der Waals surface area contributed by atoms with Crippen molar-refractivity contribution >= 4 is 16.7 Å². The number of aromatic nitrogens is 2. The van der Waals surface area contributed by atoms with Crippen LogP contribution in [0.25, 0.3) is 11.3 Å². The molecule has 2 rings (SSSR count). The molecule has 1 aromatic heterocycles. The van der Waals surface area contributed by atoms with E-state index in [1.54, 1.807) is 18.5 Å². The lowest BCUT2D eigenvalue weighted by Gasteiger charge is -2.02. The molecule has 0 saturated carbocycles. The molecule has 0 bridgehead atoms. The van der Waals surface area contributed by atoms with Crippen molar-refractivity contribution < 1.29 is 4.21 Å². The van der Waals surface area contributed by atoms with Crippen LogP contribution in [0.4, 0.5) is 5.95 Å². The van der Waals surface area contributed by atoms with Crippen molar-refractivity contribution in [3.63, 3.8) is 0 Å². The highest BCUT2D eigenvalue weighted by atomic mass is 32.2. The maximum Gasteiger partial charge on any atom is 0.220 e. The van der Waals surface area contributed by atoms with Gasteiger partial charge in [-0.15, -0.1) is 0 Å².